The Morgan fingerprint density at radius 2 is 2.30 bits per heavy atom. The summed E-state index contributed by atoms with van der Waals surface area (Å²) in [6, 6.07) is 0. The Balaban J connectivity index is 2.15. The molecule has 1 aliphatic heterocycles. The maximum atomic E-state index is 5.42. The van der Waals surface area contributed by atoms with E-state index < -0.39 is 0 Å². The Labute approximate surface area is 62.5 Å². The lowest BCUT2D eigenvalue weighted by atomic mass is 10.2. The molecule has 10 heavy (non-hydrogen) atoms. The zero-order chi connectivity index (χ0) is 7.23. The van der Waals surface area contributed by atoms with Crippen molar-refractivity contribution in [2.45, 2.75) is 38.9 Å². The van der Waals surface area contributed by atoms with Gasteiger partial charge in [0.2, 0.25) is 0 Å². The number of hydrogen-bond donors (Lipinski definition) is 0. The fraction of sp³-hybridized carbons (Fsp3) is 1.00. The van der Waals surface area contributed by atoms with E-state index in [1.807, 2.05) is 6.92 Å². The zero-order valence-electron chi connectivity index (χ0n) is 6.64. The average Bonchev–Trinajstić information content (AvgIpc) is 2.17. The van der Waals surface area contributed by atoms with Crippen molar-refractivity contribution in [3.05, 3.63) is 0 Å². The Bertz CT molecular complexity index is 75.3. The monoisotopic (exact) mass is 144 g/mol. The van der Waals surface area contributed by atoms with E-state index in [2.05, 4.69) is 0 Å². The number of rotatable bonds is 2. The normalized spacial score (nSPS) is 27.9. The minimum atomic E-state index is 0.0903. The third-order valence-electron chi connectivity index (χ3n) is 1.74. The van der Waals surface area contributed by atoms with Gasteiger partial charge in [-0.15, -0.1) is 0 Å². The quantitative estimate of drug-likeness (QED) is 0.589. The lowest BCUT2D eigenvalue weighted by Crippen LogP contribution is -2.15. The molecule has 1 fully saturated rings. The molecule has 1 saturated heterocycles. The molecule has 0 radical (unpaired) electrons. The largest absolute Gasteiger partial charge is 0.353 e. The summed E-state index contributed by atoms with van der Waals surface area (Å²) in [5.41, 5.74) is 0. The molecular weight excluding hydrogens is 128 g/mol. The van der Waals surface area contributed by atoms with Crippen LogP contribution in [0.1, 0.15) is 32.6 Å². The van der Waals surface area contributed by atoms with Crippen LogP contribution >= 0.6 is 0 Å². The van der Waals surface area contributed by atoms with Gasteiger partial charge in [-0.25, -0.2) is 0 Å². The van der Waals surface area contributed by atoms with Crippen molar-refractivity contribution in [3.8, 4) is 0 Å². The van der Waals surface area contributed by atoms with E-state index in [1.165, 1.54) is 19.3 Å². The molecule has 0 saturated carbocycles. The smallest absolute Gasteiger partial charge is 0.157 e. The second-order valence-electron chi connectivity index (χ2n) is 2.61. The number of ether oxygens (including phenoxy) is 2. The summed E-state index contributed by atoms with van der Waals surface area (Å²) in [5.74, 6) is 0. The molecule has 2 nitrogen and oxygen atoms in total. The van der Waals surface area contributed by atoms with Gasteiger partial charge in [0.15, 0.2) is 6.29 Å². The predicted molar refractivity (Wildman–Crippen MR) is 39.8 cm³/mol. The molecule has 0 amide bonds. The third-order valence-corrected chi connectivity index (χ3v) is 1.74. The van der Waals surface area contributed by atoms with Crippen LogP contribution < -0.4 is 0 Å². The first-order valence-electron chi connectivity index (χ1n) is 4.16. The van der Waals surface area contributed by atoms with Crippen LogP contribution in [-0.2, 0) is 9.47 Å². The van der Waals surface area contributed by atoms with E-state index in [0.29, 0.717) is 0 Å². The highest BCUT2D eigenvalue weighted by Crippen LogP contribution is 2.13. The maximum absolute atomic E-state index is 5.42. The minimum absolute atomic E-state index is 0.0903. The van der Waals surface area contributed by atoms with E-state index >= 15 is 0 Å². The topological polar surface area (TPSA) is 18.5 Å². The molecule has 0 N–H and O–H groups in total. The second-order valence-corrected chi connectivity index (χ2v) is 2.61. The van der Waals surface area contributed by atoms with Crippen LogP contribution in [0, 0.1) is 0 Å². The Hall–Kier alpha value is -0.0800. The summed E-state index contributed by atoms with van der Waals surface area (Å²) in [4.78, 5) is 0. The van der Waals surface area contributed by atoms with E-state index in [1.54, 1.807) is 0 Å². The average molecular weight is 144 g/mol. The summed E-state index contributed by atoms with van der Waals surface area (Å²) in [7, 11) is 0. The molecule has 1 aliphatic rings. The van der Waals surface area contributed by atoms with E-state index in [0.717, 1.165) is 19.6 Å². The predicted octanol–water partition coefficient (Wildman–Crippen LogP) is 1.94. The Kier molecular flexibility index (Phi) is 3.76. The van der Waals surface area contributed by atoms with Gasteiger partial charge in [-0.2, -0.15) is 0 Å². The lowest BCUT2D eigenvalue weighted by Gasteiger charge is -2.13. The molecule has 1 heterocycles. The van der Waals surface area contributed by atoms with E-state index in [9.17, 15) is 0 Å². The SMILES string of the molecule is CCOC1CCCCCO1. The first-order chi connectivity index (χ1) is 4.93. The van der Waals surface area contributed by atoms with Crippen LogP contribution in [0.25, 0.3) is 0 Å². The Morgan fingerprint density at radius 3 is 3.10 bits per heavy atom. The van der Waals surface area contributed by atoms with Crippen molar-refractivity contribution in [2.24, 2.45) is 0 Å². The molecule has 1 atom stereocenters. The molecule has 1 unspecified atom stereocenters. The van der Waals surface area contributed by atoms with Gasteiger partial charge in [0.1, 0.15) is 0 Å². The van der Waals surface area contributed by atoms with Gasteiger partial charge in [-0.05, 0) is 26.2 Å². The van der Waals surface area contributed by atoms with Gasteiger partial charge in [0, 0.05) is 13.2 Å². The molecule has 0 bridgehead atoms. The summed E-state index contributed by atoms with van der Waals surface area (Å²) >= 11 is 0. The van der Waals surface area contributed by atoms with Gasteiger partial charge in [0.25, 0.3) is 0 Å². The van der Waals surface area contributed by atoms with E-state index in [4.69, 9.17) is 9.47 Å². The maximum Gasteiger partial charge on any atom is 0.157 e. The molecule has 0 aromatic heterocycles. The lowest BCUT2D eigenvalue weighted by molar-refractivity contribution is -0.136. The zero-order valence-corrected chi connectivity index (χ0v) is 6.64. The summed E-state index contributed by atoms with van der Waals surface area (Å²) in [5, 5.41) is 0. The fourth-order valence-electron chi connectivity index (χ4n) is 1.21. The standard InChI is InChI=1S/C8H16O2/c1-2-9-8-6-4-3-5-7-10-8/h8H,2-7H2,1H3. The first-order valence-corrected chi connectivity index (χ1v) is 4.16. The van der Waals surface area contributed by atoms with Gasteiger partial charge >= 0.3 is 0 Å². The fourth-order valence-corrected chi connectivity index (χ4v) is 1.21. The van der Waals surface area contributed by atoms with Gasteiger partial charge in [-0.3, -0.25) is 0 Å². The third kappa shape index (κ3) is 2.67. The molecule has 0 aliphatic carbocycles. The minimum Gasteiger partial charge on any atom is -0.353 e. The van der Waals surface area contributed by atoms with Crippen LogP contribution in [0.15, 0.2) is 0 Å². The highest BCUT2D eigenvalue weighted by molar-refractivity contribution is 4.52. The Morgan fingerprint density at radius 1 is 1.40 bits per heavy atom. The van der Waals surface area contributed by atoms with Crippen LogP contribution in [0.2, 0.25) is 0 Å². The van der Waals surface area contributed by atoms with Crippen molar-refractivity contribution in [3.63, 3.8) is 0 Å². The highest BCUT2D eigenvalue weighted by Gasteiger charge is 2.10. The van der Waals surface area contributed by atoms with Crippen LogP contribution in [-0.4, -0.2) is 19.5 Å². The number of hydrogen-bond acceptors (Lipinski definition) is 2. The first kappa shape index (κ1) is 8.02. The summed E-state index contributed by atoms with van der Waals surface area (Å²) < 4.78 is 10.8. The molecule has 0 aromatic carbocycles. The van der Waals surface area contributed by atoms with E-state index in [-0.39, 0.29) is 6.29 Å². The molecule has 2 heteroatoms. The molecule has 1 rings (SSSR count). The van der Waals surface area contributed by atoms with Crippen LogP contribution in [0.5, 0.6) is 0 Å². The molecule has 0 spiro atoms. The van der Waals surface area contributed by atoms with Crippen molar-refractivity contribution < 1.29 is 9.47 Å². The highest BCUT2D eigenvalue weighted by atomic mass is 16.7. The van der Waals surface area contributed by atoms with Crippen molar-refractivity contribution in [1.29, 1.82) is 0 Å². The molecule has 0 aromatic rings. The van der Waals surface area contributed by atoms with Crippen molar-refractivity contribution >= 4 is 0 Å². The molecule has 60 valence electrons. The summed E-state index contributed by atoms with van der Waals surface area (Å²) in [6.07, 6.45) is 4.92. The van der Waals surface area contributed by atoms with Gasteiger partial charge < -0.3 is 9.47 Å². The van der Waals surface area contributed by atoms with Crippen molar-refractivity contribution in [2.75, 3.05) is 13.2 Å². The van der Waals surface area contributed by atoms with Gasteiger partial charge in [-0.1, -0.05) is 6.42 Å². The summed E-state index contributed by atoms with van der Waals surface area (Å²) in [6.45, 7) is 3.66. The van der Waals surface area contributed by atoms with Gasteiger partial charge in [0.05, 0.1) is 0 Å². The van der Waals surface area contributed by atoms with Crippen molar-refractivity contribution in [1.82, 2.24) is 0 Å². The second kappa shape index (κ2) is 4.69. The molecular formula is C8H16O2. The van der Waals surface area contributed by atoms with Crippen LogP contribution in [0.4, 0.5) is 0 Å². The van der Waals surface area contributed by atoms with Crippen LogP contribution in [0.3, 0.4) is 0 Å².